The van der Waals surface area contributed by atoms with Crippen molar-refractivity contribution >= 4 is 6.29 Å². The fraction of sp³-hybridized carbons (Fsp3) is 0.875. The van der Waals surface area contributed by atoms with Crippen molar-refractivity contribution in [3.05, 3.63) is 0 Å². The van der Waals surface area contributed by atoms with E-state index in [1.54, 1.807) is 0 Å². The molecule has 0 aliphatic heterocycles. The number of carbonyl (C=O) groups excluding carboxylic acids is 1. The van der Waals surface area contributed by atoms with Gasteiger partial charge in [-0.25, -0.2) is 0 Å². The molecule has 0 aromatic rings. The van der Waals surface area contributed by atoms with Crippen LogP contribution in [0.15, 0.2) is 0 Å². The van der Waals surface area contributed by atoms with Crippen molar-refractivity contribution in [1.29, 1.82) is 0 Å². The minimum absolute atomic E-state index is 0.615. The van der Waals surface area contributed by atoms with Crippen LogP contribution >= 0.6 is 0 Å². The number of rotatable bonds is 5. The van der Waals surface area contributed by atoms with Gasteiger partial charge in [-0.15, -0.1) is 0 Å². The van der Waals surface area contributed by atoms with Crippen LogP contribution in [0.3, 0.4) is 0 Å². The average molecular weight is 127 g/mol. The predicted octanol–water partition coefficient (Wildman–Crippen LogP) is 2.31. The van der Waals surface area contributed by atoms with E-state index in [2.05, 4.69) is 13.8 Å². The van der Waals surface area contributed by atoms with Gasteiger partial charge in [0.15, 0.2) is 6.29 Å². The maximum Gasteiger partial charge on any atom is 0.198 e. The van der Waals surface area contributed by atoms with Gasteiger partial charge in [0, 0.05) is 6.42 Å². The summed E-state index contributed by atoms with van der Waals surface area (Å²) in [4.78, 5) is 9.75. The zero-order valence-electron chi connectivity index (χ0n) is 6.31. The number of unbranched alkanes of at least 4 members (excludes halogenated alkanes) is 1. The summed E-state index contributed by atoms with van der Waals surface area (Å²) in [6.07, 6.45) is 5.92. The van der Waals surface area contributed by atoms with Crippen molar-refractivity contribution in [1.82, 2.24) is 0 Å². The van der Waals surface area contributed by atoms with Crippen LogP contribution in [-0.4, -0.2) is 6.29 Å². The number of hydrogen-bond donors (Lipinski definition) is 0. The van der Waals surface area contributed by atoms with Crippen molar-refractivity contribution in [2.24, 2.45) is 5.92 Å². The van der Waals surface area contributed by atoms with Gasteiger partial charge in [-0.05, 0) is 12.3 Å². The lowest BCUT2D eigenvalue weighted by Crippen LogP contribution is -1.91. The van der Waals surface area contributed by atoms with E-state index in [0.29, 0.717) is 6.42 Å². The van der Waals surface area contributed by atoms with Gasteiger partial charge in [-0.2, -0.15) is 0 Å². The van der Waals surface area contributed by atoms with Crippen molar-refractivity contribution < 1.29 is 4.79 Å². The molecular formula is C8H15O. The molecule has 0 spiro atoms. The molecule has 0 aromatic heterocycles. The van der Waals surface area contributed by atoms with E-state index in [1.165, 1.54) is 12.8 Å². The fourth-order valence-corrected chi connectivity index (χ4v) is 0.727. The van der Waals surface area contributed by atoms with Crippen LogP contribution in [0.25, 0.3) is 0 Å². The summed E-state index contributed by atoms with van der Waals surface area (Å²) in [5.41, 5.74) is 0. The summed E-state index contributed by atoms with van der Waals surface area (Å²) in [6.45, 7) is 4.39. The Morgan fingerprint density at radius 1 is 1.56 bits per heavy atom. The van der Waals surface area contributed by atoms with E-state index in [0.717, 1.165) is 12.3 Å². The van der Waals surface area contributed by atoms with Crippen LogP contribution in [0.5, 0.6) is 0 Å². The van der Waals surface area contributed by atoms with Crippen molar-refractivity contribution in [2.75, 3.05) is 0 Å². The van der Waals surface area contributed by atoms with Crippen LogP contribution in [0.1, 0.15) is 39.5 Å². The summed E-state index contributed by atoms with van der Waals surface area (Å²) in [5, 5.41) is 0. The van der Waals surface area contributed by atoms with Crippen LogP contribution in [0, 0.1) is 5.92 Å². The lowest BCUT2D eigenvalue weighted by atomic mass is 10.0. The highest BCUT2D eigenvalue weighted by Crippen LogP contribution is 2.09. The molecule has 0 heterocycles. The molecule has 0 aliphatic rings. The summed E-state index contributed by atoms with van der Waals surface area (Å²) >= 11 is 0. The Labute approximate surface area is 57.5 Å². The molecule has 1 radical (unpaired) electrons. The molecular weight excluding hydrogens is 112 g/mol. The zero-order chi connectivity index (χ0) is 7.11. The largest absolute Gasteiger partial charge is 0.291 e. The fourth-order valence-electron chi connectivity index (χ4n) is 0.727. The Balaban J connectivity index is 2.96. The molecule has 1 nitrogen and oxygen atoms in total. The second-order valence-electron chi connectivity index (χ2n) is 2.55. The highest BCUT2D eigenvalue weighted by atomic mass is 16.1. The standard InChI is InChI=1S/C8H15O/c1-3-8(2)6-4-5-7-9/h8H,3-6H2,1-2H3. The van der Waals surface area contributed by atoms with Crippen LogP contribution in [0.2, 0.25) is 0 Å². The quantitative estimate of drug-likeness (QED) is 0.518. The Morgan fingerprint density at radius 2 is 2.22 bits per heavy atom. The van der Waals surface area contributed by atoms with Crippen molar-refractivity contribution in [2.45, 2.75) is 39.5 Å². The van der Waals surface area contributed by atoms with Gasteiger partial charge < -0.3 is 0 Å². The SMILES string of the molecule is CCC(C)CCC[C]=O. The van der Waals surface area contributed by atoms with E-state index in [4.69, 9.17) is 0 Å². The minimum Gasteiger partial charge on any atom is -0.291 e. The van der Waals surface area contributed by atoms with Gasteiger partial charge in [-0.1, -0.05) is 26.7 Å². The molecule has 9 heavy (non-hydrogen) atoms. The molecule has 1 heteroatoms. The highest BCUT2D eigenvalue weighted by Gasteiger charge is 1.96. The molecule has 53 valence electrons. The first-order chi connectivity index (χ1) is 4.31. The third-order valence-electron chi connectivity index (χ3n) is 1.67. The maximum atomic E-state index is 9.75. The highest BCUT2D eigenvalue weighted by molar-refractivity contribution is 5.50. The molecule has 0 aromatic carbocycles. The van der Waals surface area contributed by atoms with Gasteiger partial charge in [0.1, 0.15) is 0 Å². The summed E-state index contributed by atoms with van der Waals surface area (Å²) in [7, 11) is 0. The molecule has 0 saturated heterocycles. The smallest absolute Gasteiger partial charge is 0.198 e. The monoisotopic (exact) mass is 127 g/mol. The van der Waals surface area contributed by atoms with Crippen molar-refractivity contribution in [3.8, 4) is 0 Å². The van der Waals surface area contributed by atoms with E-state index >= 15 is 0 Å². The van der Waals surface area contributed by atoms with Gasteiger partial charge in [0.25, 0.3) is 0 Å². The first kappa shape index (κ1) is 8.67. The van der Waals surface area contributed by atoms with Gasteiger partial charge in [-0.3, -0.25) is 4.79 Å². The van der Waals surface area contributed by atoms with E-state index in [-0.39, 0.29) is 0 Å². The molecule has 0 amide bonds. The second kappa shape index (κ2) is 5.80. The number of hydrogen-bond acceptors (Lipinski definition) is 1. The summed E-state index contributed by atoms with van der Waals surface area (Å²) in [6, 6.07) is 0. The van der Waals surface area contributed by atoms with E-state index in [1.807, 2.05) is 6.29 Å². The first-order valence-corrected chi connectivity index (χ1v) is 3.66. The van der Waals surface area contributed by atoms with Crippen molar-refractivity contribution in [3.63, 3.8) is 0 Å². The summed E-state index contributed by atoms with van der Waals surface area (Å²) < 4.78 is 0. The Morgan fingerprint density at radius 3 is 2.67 bits per heavy atom. The van der Waals surface area contributed by atoms with Gasteiger partial charge in [0.05, 0.1) is 0 Å². The topological polar surface area (TPSA) is 17.1 Å². The third-order valence-corrected chi connectivity index (χ3v) is 1.67. The minimum atomic E-state index is 0.615. The molecule has 1 atom stereocenters. The normalized spacial score (nSPS) is 13.1. The van der Waals surface area contributed by atoms with Gasteiger partial charge >= 0.3 is 0 Å². The molecule has 0 fully saturated rings. The first-order valence-electron chi connectivity index (χ1n) is 3.66. The van der Waals surface area contributed by atoms with Crippen LogP contribution in [-0.2, 0) is 4.79 Å². The third kappa shape index (κ3) is 5.54. The Hall–Kier alpha value is -0.330. The molecule has 0 bridgehead atoms. The van der Waals surface area contributed by atoms with Crippen LogP contribution in [0.4, 0.5) is 0 Å². The molecule has 0 aliphatic carbocycles. The maximum absolute atomic E-state index is 9.75. The molecule has 1 unspecified atom stereocenters. The molecule has 0 rings (SSSR count). The van der Waals surface area contributed by atoms with E-state index in [9.17, 15) is 4.79 Å². The predicted molar refractivity (Wildman–Crippen MR) is 39.0 cm³/mol. The van der Waals surface area contributed by atoms with E-state index < -0.39 is 0 Å². The summed E-state index contributed by atoms with van der Waals surface area (Å²) in [5.74, 6) is 0.776. The molecule has 0 saturated carbocycles. The lowest BCUT2D eigenvalue weighted by molar-refractivity contribution is 0.491. The Kier molecular flexibility index (Phi) is 5.59. The average Bonchev–Trinajstić information content (AvgIpc) is 1.89. The van der Waals surface area contributed by atoms with Gasteiger partial charge in [0.2, 0.25) is 0 Å². The molecule has 0 N–H and O–H groups in total. The lowest BCUT2D eigenvalue weighted by Gasteiger charge is -2.04. The second-order valence-corrected chi connectivity index (χ2v) is 2.55. The van der Waals surface area contributed by atoms with Crippen LogP contribution < -0.4 is 0 Å². The zero-order valence-corrected chi connectivity index (χ0v) is 6.31. The Bertz CT molecular complexity index is 69.0.